The Morgan fingerprint density at radius 3 is 2.76 bits per heavy atom. The molecule has 0 bridgehead atoms. The maximum absolute atomic E-state index is 12.8. The molecule has 3 aromatic rings. The Bertz CT molecular complexity index is 1340. The molecule has 0 spiro atoms. The van der Waals surface area contributed by atoms with E-state index >= 15 is 0 Å². The summed E-state index contributed by atoms with van der Waals surface area (Å²) in [6.45, 7) is 0.244. The van der Waals surface area contributed by atoms with E-state index in [9.17, 15) is 19.2 Å². The monoisotopic (exact) mass is 444 g/mol. The van der Waals surface area contributed by atoms with Gasteiger partial charge in [0.05, 0.1) is 7.11 Å². The van der Waals surface area contributed by atoms with Gasteiger partial charge in [0.2, 0.25) is 17.7 Å². The van der Waals surface area contributed by atoms with Gasteiger partial charge in [-0.1, -0.05) is 6.07 Å². The maximum atomic E-state index is 12.8. The number of methoxy groups -OCH3 is 1. The van der Waals surface area contributed by atoms with E-state index in [2.05, 4.69) is 15.6 Å². The lowest BCUT2D eigenvalue weighted by atomic mass is 10.0. The number of anilines is 1. The summed E-state index contributed by atoms with van der Waals surface area (Å²) in [4.78, 5) is 54.9. The van der Waals surface area contributed by atoms with E-state index in [0.29, 0.717) is 29.1 Å². The number of piperidine rings is 1. The molecule has 4 amide bonds. The second kappa shape index (κ2) is 8.01. The molecular formula is C24H20N4O5. The first kappa shape index (κ1) is 20.6. The molecule has 1 saturated heterocycles. The number of nitrogens with zero attached hydrogens (tertiary/aromatic N) is 2. The molecule has 0 radical (unpaired) electrons. The summed E-state index contributed by atoms with van der Waals surface area (Å²) in [5.41, 5.74) is 2.22. The van der Waals surface area contributed by atoms with Gasteiger partial charge in [-0.25, -0.2) is 4.98 Å². The zero-order valence-electron chi connectivity index (χ0n) is 17.8. The molecule has 1 aromatic heterocycles. The Kier molecular flexibility index (Phi) is 5.01. The van der Waals surface area contributed by atoms with Crippen LogP contribution in [0.2, 0.25) is 0 Å². The van der Waals surface area contributed by atoms with Crippen LogP contribution in [0.4, 0.5) is 5.69 Å². The fraction of sp³-hybridized carbons (Fsp3) is 0.208. The highest BCUT2D eigenvalue weighted by Crippen LogP contribution is 2.29. The molecule has 2 aliphatic heterocycles. The fourth-order valence-corrected chi connectivity index (χ4v) is 4.23. The fourth-order valence-electron chi connectivity index (χ4n) is 4.23. The Morgan fingerprint density at radius 2 is 1.97 bits per heavy atom. The average molecular weight is 444 g/mol. The zero-order valence-corrected chi connectivity index (χ0v) is 17.8. The van der Waals surface area contributed by atoms with Crippen LogP contribution in [0.15, 0.2) is 48.7 Å². The van der Waals surface area contributed by atoms with E-state index in [-0.39, 0.29) is 30.7 Å². The van der Waals surface area contributed by atoms with Crippen molar-refractivity contribution in [2.24, 2.45) is 0 Å². The maximum Gasteiger partial charge on any atom is 0.255 e. The smallest absolute Gasteiger partial charge is 0.255 e. The highest BCUT2D eigenvalue weighted by Gasteiger charge is 2.39. The first-order valence-corrected chi connectivity index (χ1v) is 10.5. The predicted octanol–water partition coefficient (Wildman–Crippen LogP) is 2.26. The first-order chi connectivity index (χ1) is 15.9. The van der Waals surface area contributed by atoms with Crippen LogP contribution >= 0.6 is 0 Å². The third kappa shape index (κ3) is 3.78. The van der Waals surface area contributed by atoms with Gasteiger partial charge < -0.3 is 15.0 Å². The summed E-state index contributed by atoms with van der Waals surface area (Å²) in [6, 6.07) is 11.5. The Balaban J connectivity index is 1.33. The van der Waals surface area contributed by atoms with E-state index in [1.165, 1.54) is 4.90 Å². The first-order valence-electron chi connectivity index (χ1n) is 10.5. The van der Waals surface area contributed by atoms with Crippen LogP contribution < -0.4 is 15.4 Å². The van der Waals surface area contributed by atoms with Gasteiger partial charge in [0.25, 0.3) is 11.8 Å². The Labute approximate surface area is 188 Å². The van der Waals surface area contributed by atoms with Crippen LogP contribution in [0.25, 0.3) is 10.8 Å². The summed E-state index contributed by atoms with van der Waals surface area (Å²) in [7, 11) is 1.55. The van der Waals surface area contributed by atoms with E-state index in [1.54, 1.807) is 49.7 Å². The molecule has 9 nitrogen and oxygen atoms in total. The van der Waals surface area contributed by atoms with Gasteiger partial charge in [-0.15, -0.1) is 0 Å². The molecule has 5 rings (SSSR count). The molecule has 1 atom stereocenters. The van der Waals surface area contributed by atoms with E-state index in [0.717, 1.165) is 16.3 Å². The normalized spacial score (nSPS) is 17.7. The largest absolute Gasteiger partial charge is 0.481 e. The van der Waals surface area contributed by atoms with Crippen molar-refractivity contribution in [3.05, 3.63) is 65.4 Å². The quantitative estimate of drug-likeness (QED) is 0.596. The lowest BCUT2D eigenvalue weighted by Crippen LogP contribution is -2.52. The molecule has 9 heteroatoms. The summed E-state index contributed by atoms with van der Waals surface area (Å²) in [5, 5.41) is 6.86. The van der Waals surface area contributed by atoms with E-state index < -0.39 is 11.9 Å². The summed E-state index contributed by atoms with van der Waals surface area (Å²) in [6.07, 6.45) is 2.15. The van der Waals surface area contributed by atoms with Crippen molar-refractivity contribution in [3.63, 3.8) is 0 Å². The summed E-state index contributed by atoms with van der Waals surface area (Å²) in [5.74, 6) is -0.828. The number of carbonyl (C=O) groups is 4. The summed E-state index contributed by atoms with van der Waals surface area (Å²) < 4.78 is 5.12. The lowest BCUT2D eigenvalue weighted by Gasteiger charge is -2.29. The molecule has 2 aliphatic rings. The van der Waals surface area contributed by atoms with Gasteiger partial charge in [-0.3, -0.25) is 24.5 Å². The molecule has 33 heavy (non-hydrogen) atoms. The average Bonchev–Trinajstić information content (AvgIpc) is 3.13. The van der Waals surface area contributed by atoms with Crippen molar-refractivity contribution in [2.45, 2.75) is 25.4 Å². The lowest BCUT2D eigenvalue weighted by molar-refractivity contribution is -0.136. The molecule has 2 aromatic carbocycles. The van der Waals surface area contributed by atoms with Crippen molar-refractivity contribution < 1.29 is 23.9 Å². The van der Waals surface area contributed by atoms with Gasteiger partial charge in [0.1, 0.15) is 6.04 Å². The minimum absolute atomic E-state index is 0.200. The minimum Gasteiger partial charge on any atom is -0.481 e. The van der Waals surface area contributed by atoms with Gasteiger partial charge >= 0.3 is 0 Å². The Morgan fingerprint density at radius 1 is 1.12 bits per heavy atom. The molecule has 3 heterocycles. The van der Waals surface area contributed by atoms with Crippen molar-refractivity contribution in [3.8, 4) is 5.88 Å². The molecule has 0 aliphatic carbocycles. The topological polar surface area (TPSA) is 118 Å². The number of amides is 4. The number of rotatable bonds is 4. The third-order valence-corrected chi connectivity index (χ3v) is 5.95. The van der Waals surface area contributed by atoms with Crippen LogP contribution in [0.5, 0.6) is 5.88 Å². The van der Waals surface area contributed by atoms with Crippen LogP contribution in [0.3, 0.4) is 0 Å². The van der Waals surface area contributed by atoms with Crippen LogP contribution in [0, 0.1) is 0 Å². The number of pyridine rings is 1. The number of hydrogen-bond donors (Lipinski definition) is 2. The highest BCUT2D eigenvalue weighted by atomic mass is 16.5. The predicted molar refractivity (Wildman–Crippen MR) is 119 cm³/mol. The van der Waals surface area contributed by atoms with E-state index in [1.807, 2.05) is 6.07 Å². The number of ether oxygens (including phenoxy) is 1. The van der Waals surface area contributed by atoms with Crippen molar-refractivity contribution in [1.29, 1.82) is 0 Å². The molecule has 1 fully saturated rings. The van der Waals surface area contributed by atoms with Crippen molar-refractivity contribution >= 4 is 40.1 Å². The molecule has 2 N–H and O–H groups in total. The zero-order chi connectivity index (χ0) is 23.1. The van der Waals surface area contributed by atoms with Gasteiger partial charge in [0, 0.05) is 47.4 Å². The van der Waals surface area contributed by atoms with Gasteiger partial charge in [-0.2, -0.15) is 0 Å². The third-order valence-electron chi connectivity index (χ3n) is 5.95. The molecule has 166 valence electrons. The van der Waals surface area contributed by atoms with Crippen LogP contribution in [-0.4, -0.2) is 46.7 Å². The van der Waals surface area contributed by atoms with Crippen molar-refractivity contribution in [1.82, 2.24) is 15.2 Å². The molecule has 0 saturated carbocycles. The number of carbonyl (C=O) groups excluding carboxylic acids is 4. The summed E-state index contributed by atoms with van der Waals surface area (Å²) >= 11 is 0. The Hall–Kier alpha value is -4.27. The second-order valence-electron chi connectivity index (χ2n) is 8.01. The number of nitrogens with one attached hydrogen (secondary N) is 2. The SMILES string of the molecule is COc1cc2ccc(C(=O)Nc3ccc4c(c3)CN(C3CCC(=O)NC3=O)C4=O)cc2cn1. The molecular weight excluding hydrogens is 424 g/mol. The second-order valence-corrected chi connectivity index (χ2v) is 8.01. The van der Waals surface area contributed by atoms with Crippen molar-refractivity contribution in [2.75, 3.05) is 12.4 Å². The number of benzene rings is 2. The molecule has 1 unspecified atom stereocenters. The van der Waals surface area contributed by atoms with E-state index in [4.69, 9.17) is 4.74 Å². The van der Waals surface area contributed by atoms with Crippen LogP contribution in [-0.2, 0) is 16.1 Å². The highest BCUT2D eigenvalue weighted by molar-refractivity contribution is 6.08. The number of aromatic nitrogens is 1. The van der Waals surface area contributed by atoms with Gasteiger partial charge in [0.15, 0.2) is 0 Å². The van der Waals surface area contributed by atoms with Gasteiger partial charge in [-0.05, 0) is 47.7 Å². The standard InChI is InChI=1S/C24H20N4O5/c1-33-21-10-13-2-3-14(8-15(13)11-25-21)22(30)26-17-4-5-18-16(9-17)12-28(24(18)32)19-6-7-20(29)27-23(19)31/h2-5,8-11,19H,6-7,12H2,1H3,(H,26,30)(H,27,29,31). The number of imide groups is 1. The number of fused-ring (bicyclic) bond motifs is 2. The van der Waals surface area contributed by atoms with Crippen LogP contribution in [0.1, 0.15) is 39.1 Å². The minimum atomic E-state index is -0.675. The number of hydrogen-bond acceptors (Lipinski definition) is 6.